The Balaban J connectivity index is 1.43. The third-order valence-electron chi connectivity index (χ3n) is 5.29. The van der Waals surface area contributed by atoms with Gasteiger partial charge in [0.1, 0.15) is 11.5 Å². The van der Waals surface area contributed by atoms with Crippen LogP contribution in [-0.4, -0.2) is 75.5 Å². The Morgan fingerprint density at radius 3 is 2.21 bits per heavy atom. The van der Waals surface area contributed by atoms with Crippen LogP contribution >= 0.6 is 0 Å². The van der Waals surface area contributed by atoms with Gasteiger partial charge >= 0.3 is 0 Å². The SMILES string of the molecule is COc1cc(CNc2nc(NCCOCCOCCN)nc(Nc3ccc4c(c3)OCO4)n2)cc(OC)c1. The molecular weight excluding hydrogens is 494 g/mol. The molecule has 0 atom stereocenters. The summed E-state index contributed by atoms with van der Waals surface area (Å²) in [5, 5.41) is 9.63. The normalized spacial score (nSPS) is 11.8. The van der Waals surface area contributed by atoms with Crippen molar-refractivity contribution in [3.63, 3.8) is 0 Å². The summed E-state index contributed by atoms with van der Waals surface area (Å²) in [6.07, 6.45) is 0. The molecule has 2 aromatic carbocycles. The highest BCUT2D eigenvalue weighted by Gasteiger charge is 2.14. The number of aromatic nitrogens is 3. The molecule has 1 aromatic heterocycles. The predicted molar refractivity (Wildman–Crippen MR) is 142 cm³/mol. The molecule has 0 saturated heterocycles. The molecule has 0 unspecified atom stereocenters. The Hall–Kier alpha value is -4.07. The standard InChI is InChI=1S/C25H33N7O6/c1-33-19-11-17(12-20(14-19)34-2)15-28-24-30-23(27-6-8-36-10-9-35-7-5-26)31-25(32-24)29-18-3-4-21-22(13-18)38-16-37-21/h3-4,11-14H,5-10,15-16,26H2,1-2H3,(H3,27,28,29,30,31,32). The molecule has 0 amide bonds. The molecule has 0 radical (unpaired) electrons. The predicted octanol–water partition coefficient (Wildman–Crippen LogP) is 2.38. The minimum Gasteiger partial charge on any atom is -0.497 e. The lowest BCUT2D eigenvalue weighted by Crippen LogP contribution is -2.17. The van der Waals surface area contributed by atoms with Gasteiger partial charge in [0.05, 0.1) is 40.6 Å². The van der Waals surface area contributed by atoms with Crippen LogP contribution in [0.3, 0.4) is 0 Å². The van der Waals surface area contributed by atoms with Crippen molar-refractivity contribution in [1.82, 2.24) is 15.0 Å². The van der Waals surface area contributed by atoms with Crippen LogP contribution in [0.5, 0.6) is 23.0 Å². The summed E-state index contributed by atoms with van der Waals surface area (Å²) in [5.74, 6) is 3.85. The van der Waals surface area contributed by atoms with Crippen LogP contribution in [0.4, 0.5) is 23.5 Å². The first kappa shape index (κ1) is 27.0. The molecule has 4 rings (SSSR count). The van der Waals surface area contributed by atoms with Gasteiger partial charge in [0, 0.05) is 37.5 Å². The second-order valence-corrected chi connectivity index (χ2v) is 8.01. The number of rotatable bonds is 16. The highest BCUT2D eigenvalue weighted by atomic mass is 16.7. The lowest BCUT2D eigenvalue weighted by Gasteiger charge is -2.13. The molecule has 0 spiro atoms. The summed E-state index contributed by atoms with van der Waals surface area (Å²) in [6, 6.07) is 11.2. The molecule has 38 heavy (non-hydrogen) atoms. The monoisotopic (exact) mass is 527 g/mol. The zero-order valence-corrected chi connectivity index (χ0v) is 21.5. The first-order valence-electron chi connectivity index (χ1n) is 12.1. The van der Waals surface area contributed by atoms with E-state index < -0.39 is 0 Å². The summed E-state index contributed by atoms with van der Waals surface area (Å²) in [7, 11) is 3.22. The van der Waals surface area contributed by atoms with E-state index in [0.717, 1.165) is 11.3 Å². The Bertz CT molecular complexity index is 1160. The Morgan fingerprint density at radius 1 is 0.789 bits per heavy atom. The maximum absolute atomic E-state index is 5.57. The Labute approximate surface area is 221 Å². The molecule has 0 bridgehead atoms. The Morgan fingerprint density at radius 2 is 1.47 bits per heavy atom. The second kappa shape index (κ2) is 14.0. The van der Waals surface area contributed by atoms with Crippen molar-refractivity contribution in [3.8, 4) is 23.0 Å². The lowest BCUT2D eigenvalue weighted by atomic mass is 10.2. The van der Waals surface area contributed by atoms with Gasteiger partial charge in [-0.2, -0.15) is 15.0 Å². The van der Waals surface area contributed by atoms with Crippen molar-refractivity contribution >= 4 is 23.5 Å². The second-order valence-electron chi connectivity index (χ2n) is 8.01. The van der Waals surface area contributed by atoms with Crippen molar-refractivity contribution in [2.45, 2.75) is 6.54 Å². The fourth-order valence-corrected chi connectivity index (χ4v) is 3.48. The van der Waals surface area contributed by atoms with Gasteiger partial charge in [-0.1, -0.05) is 0 Å². The fourth-order valence-electron chi connectivity index (χ4n) is 3.48. The van der Waals surface area contributed by atoms with Crippen LogP contribution in [0, 0.1) is 0 Å². The molecule has 0 aliphatic carbocycles. The first-order chi connectivity index (χ1) is 18.7. The number of methoxy groups -OCH3 is 2. The molecule has 3 aromatic rings. The summed E-state index contributed by atoms with van der Waals surface area (Å²) in [5.41, 5.74) is 7.09. The minimum atomic E-state index is 0.197. The van der Waals surface area contributed by atoms with E-state index in [0.29, 0.717) is 86.9 Å². The number of anilines is 4. The Kier molecular flexibility index (Phi) is 9.96. The molecule has 13 nitrogen and oxygen atoms in total. The van der Waals surface area contributed by atoms with Gasteiger partial charge in [-0.3, -0.25) is 0 Å². The minimum absolute atomic E-state index is 0.197. The molecule has 13 heteroatoms. The third-order valence-corrected chi connectivity index (χ3v) is 5.29. The summed E-state index contributed by atoms with van der Waals surface area (Å²) in [4.78, 5) is 13.5. The average molecular weight is 528 g/mol. The number of nitrogens with zero attached hydrogens (tertiary/aromatic N) is 3. The van der Waals surface area contributed by atoms with Crippen molar-refractivity contribution in [1.29, 1.82) is 0 Å². The van der Waals surface area contributed by atoms with E-state index >= 15 is 0 Å². The van der Waals surface area contributed by atoms with Crippen molar-refractivity contribution in [2.75, 3.05) is 76.5 Å². The van der Waals surface area contributed by atoms with Crippen LogP contribution in [0.2, 0.25) is 0 Å². The molecule has 1 aliphatic heterocycles. The van der Waals surface area contributed by atoms with E-state index in [4.69, 9.17) is 34.2 Å². The van der Waals surface area contributed by atoms with Crippen LogP contribution in [0.1, 0.15) is 5.56 Å². The van der Waals surface area contributed by atoms with Crippen molar-refractivity contribution in [2.24, 2.45) is 5.73 Å². The molecule has 0 saturated carbocycles. The smallest absolute Gasteiger partial charge is 0.233 e. The highest BCUT2D eigenvalue weighted by Crippen LogP contribution is 2.35. The molecule has 1 aliphatic rings. The zero-order chi connectivity index (χ0) is 26.6. The van der Waals surface area contributed by atoms with Gasteiger partial charge in [0.15, 0.2) is 11.5 Å². The molecule has 2 heterocycles. The third kappa shape index (κ3) is 7.96. The quantitative estimate of drug-likeness (QED) is 0.202. The number of benzene rings is 2. The van der Waals surface area contributed by atoms with Gasteiger partial charge in [0.2, 0.25) is 24.6 Å². The maximum Gasteiger partial charge on any atom is 0.233 e. The van der Waals surface area contributed by atoms with Crippen LogP contribution in [0.25, 0.3) is 0 Å². The van der Waals surface area contributed by atoms with E-state index in [1.807, 2.05) is 36.4 Å². The first-order valence-corrected chi connectivity index (χ1v) is 12.1. The molecule has 5 N–H and O–H groups in total. The van der Waals surface area contributed by atoms with Gasteiger partial charge in [-0.05, 0) is 29.8 Å². The fraction of sp³-hybridized carbons (Fsp3) is 0.400. The molecule has 0 fully saturated rings. The number of ether oxygens (including phenoxy) is 6. The lowest BCUT2D eigenvalue weighted by molar-refractivity contribution is 0.0547. The number of nitrogens with two attached hydrogens (primary N) is 1. The van der Waals surface area contributed by atoms with Crippen LogP contribution in [-0.2, 0) is 16.0 Å². The molecular formula is C25H33N7O6. The van der Waals surface area contributed by atoms with E-state index in [9.17, 15) is 0 Å². The zero-order valence-electron chi connectivity index (χ0n) is 21.5. The van der Waals surface area contributed by atoms with Gasteiger partial charge < -0.3 is 50.1 Å². The maximum atomic E-state index is 5.57. The van der Waals surface area contributed by atoms with Gasteiger partial charge in [-0.25, -0.2) is 0 Å². The molecule has 204 valence electrons. The number of nitrogens with one attached hydrogen (secondary N) is 3. The van der Waals surface area contributed by atoms with Gasteiger partial charge in [0.25, 0.3) is 0 Å². The van der Waals surface area contributed by atoms with Crippen molar-refractivity contribution in [3.05, 3.63) is 42.0 Å². The number of hydrogen-bond acceptors (Lipinski definition) is 13. The van der Waals surface area contributed by atoms with E-state index in [1.165, 1.54) is 0 Å². The summed E-state index contributed by atoms with van der Waals surface area (Å²) in [6.45, 7) is 3.57. The van der Waals surface area contributed by atoms with Crippen molar-refractivity contribution < 1.29 is 28.4 Å². The van der Waals surface area contributed by atoms with Crippen LogP contribution in [0.15, 0.2) is 36.4 Å². The largest absolute Gasteiger partial charge is 0.497 e. The number of fused-ring (bicyclic) bond motifs is 1. The topological polar surface area (TPSA) is 156 Å². The average Bonchev–Trinajstić information content (AvgIpc) is 3.41. The van der Waals surface area contributed by atoms with Crippen LogP contribution < -0.4 is 40.6 Å². The van der Waals surface area contributed by atoms with E-state index in [1.54, 1.807) is 14.2 Å². The van der Waals surface area contributed by atoms with E-state index in [-0.39, 0.29) is 6.79 Å². The van der Waals surface area contributed by atoms with Gasteiger partial charge in [-0.15, -0.1) is 0 Å². The van der Waals surface area contributed by atoms with E-state index in [2.05, 4.69) is 30.9 Å². The number of hydrogen-bond donors (Lipinski definition) is 4. The summed E-state index contributed by atoms with van der Waals surface area (Å²) < 4.78 is 32.5. The summed E-state index contributed by atoms with van der Waals surface area (Å²) >= 11 is 0. The highest BCUT2D eigenvalue weighted by molar-refractivity contribution is 5.61.